The number of primary amides is 1. The summed E-state index contributed by atoms with van der Waals surface area (Å²) < 4.78 is 0. The standard InChI is InChI=1S/C17H27N3O/c1-12(2)11-20-9-7-14(8-10-20)19-16-6-4-5-15(13(16)3)17(18)21/h4-6,12,14,19H,7-11H2,1-3H3,(H2,18,21). The number of carbonyl (C=O) groups is 1. The van der Waals surface area contributed by atoms with Crippen molar-refractivity contribution >= 4 is 11.6 Å². The molecule has 0 aromatic heterocycles. The van der Waals surface area contributed by atoms with Crippen molar-refractivity contribution < 1.29 is 4.79 Å². The van der Waals surface area contributed by atoms with E-state index in [2.05, 4.69) is 24.1 Å². The highest BCUT2D eigenvalue weighted by Crippen LogP contribution is 2.22. The van der Waals surface area contributed by atoms with Gasteiger partial charge in [-0.2, -0.15) is 0 Å². The molecule has 1 saturated heterocycles. The summed E-state index contributed by atoms with van der Waals surface area (Å²) in [4.78, 5) is 13.9. The number of rotatable bonds is 5. The monoisotopic (exact) mass is 289 g/mol. The van der Waals surface area contributed by atoms with Crippen LogP contribution in [-0.4, -0.2) is 36.5 Å². The van der Waals surface area contributed by atoms with Crippen molar-refractivity contribution in [2.24, 2.45) is 11.7 Å². The number of hydrogen-bond acceptors (Lipinski definition) is 3. The lowest BCUT2D eigenvalue weighted by Crippen LogP contribution is -2.40. The van der Waals surface area contributed by atoms with Gasteiger partial charge in [-0.25, -0.2) is 0 Å². The molecular formula is C17H27N3O. The fraction of sp³-hybridized carbons (Fsp3) is 0.588. The van der Waals surface area contributed by atoms with Gasteiger partial charge >= 0.3 is 0 Å². The van der Waals surface area contributed by atoms with E-state index in [4.69, 9.17) is 5.73 Å². The molecule has 0 atom stereocenters. The summed E-state index contributed by atoms with van der Waals surface area (Å²) >= 11 is 0. The normalized spacial score (nSPS) is 17.1. The Morgan fingerprint density at radius 2 is 2.05 bits per heavy atom. The van der Waals surface area contributed by atoms with E-state index in [9.17, 15) is 4.79 Å². The summed E-state index contributed by atoms with van der Waals surface area (Å²) in [6.07, 6.45) is 2.29. The van der Waals surface area contributed by atoms with Crippen LogP contribution < -0.4 is 11.1 Å². The first-order valence-electron chi connectivity index (χ1n) is 7.85. The average molecular weight is 289 g/mol. The lowest BCUT2D eigenvalue weighted by atomic mass is 10.0. The summed E-state index contributed by atoms with van der Waals surface area (Å²) in [6.45, 7) is 9.96. The summed E-state index contributed by atoms with van der Waals surface area (Å²) in [5.41, 5.74) is 8.01. The van der Waals surface area contributed by atoms with Gasteiger partial charge in [-0.15, -0.1) is 0 Å². The molecule has 0 bridgehead atoms. The predicted octanol–water partition coefficient (Wildman–Crippen LogP) is 2.63. The van der Waals surface area contributed by atoms with Crippen LogP contribution in [0.15, 0.2) is 18.2 Å². The average Bonchev–Trinajstić information content (AvgIpc) is 2.42. The highest BCUT2D eigenvalue weighted by molar-refractivity contribution is 5.95. The Balaban J connectivity index is 1.95. The van der Waals surface area contributed by atoms with Gasteiger partial charge < -0.3 is 16.0 Å². The Morgan fingerprint density at radius 3 is 2.62 bits per heavy atom. The van der Waals surface area contributed by atoms with E-state index in [1.54, 1.807) is 6.07 Å². The highest BCUT2D eigenvalue weighted by Gasteiger charge is 2.20. The van der Waals surface area contributed by atoms with Crippen molar-refractivity contribution in [3.8, 4) is 0 Å². The Kier molecular flexibility index (Phi) is 5.23. The van der Waals surface area contributed by atoms with E-state index in [-0.39, 0.29) is 5.91 Å². The van der Waals surface area contributed by atoms with Gasteiger partial charge in [0.1, 0.15) is 0 Å². The maximum atomic E-state index is 11.4. The van der Waals surface area contributed by atoms with Gasteiger partial charge in [-0.3, -0.25) is 4.79 Å². The molecule has 0 saturated carbocycles. The molecule has 1 aromatic rings. The lowest BCUT2D eigenvalue weighted by molar-refractivity contribution is 0.0999. The molecule has 21 heavy (non-hydrogen) atoms. The smallest absolute Gasteiger partial charge is 0.249 e. The van der Waals surface area contributed by atoms with Gasteiger partial charge in [-0.1, -0.05) is 19.9 Å². The van der Waals surface area contributed by atoms with Crippen LogP contribution in [0.5, 0.6) is 0 Å². The minimum Gasteiger partial charge on any atom is -0.382 e. The van der Waals surface area contributed by atoms with Crippen molar-refractivity contribution in [3.63, 3.8) is 0 Å². The van der Waals surface area contributed by atoms with Crippen LogP contribution in [0, 0.1) is 12.8 Å². The molecule has 116 valence electrons. The number of benzene rings is 1. The van der Waals surface area contributed by atoms with Gasteiger partial charge in [0.2, 0.25) is 5.91 Å². The molecule has 1 aliphatic rings. The molecule has 1 amide bonds. The molecule has 1 aliphatic heterocycles. The Bertz CT molecular complexity index is 491. The Hall–Kier alpha value is -1.55. The van der Waals surface area contributed by atoms with Crippen LogP contribution in [0.4, 0.5) is 5.69 Å². The maximum absolute atomic E-state index is 11.4. The maximum Gasteiger partial charge on any atom is 0.249 e. The molecule has 1 aromatic carbocycles. The summed E-state index contributed by atoms with van der Waals surface area (Å²) in [7, 11) is 0. The van der Waals surface area contributed by atoms with E-state index >= 15 is 0 Å². The van der Waals surface area contributed by atoms with Crippen molar-refractivity contribution in [3.05, 3.63) is 29.3 Å². The summed E-state index contributed by atoms with van der Waals surface area (Å²) in [5.74, 6) is 0.368. The van der Waals surface area contributed by atoms with Crippen molar-refractivity contribution in [2.45, 2.75) is 39.7 Å². The first kappa shape index (κ1) is 15.8. The van der Waals surface area contributed by atoms with Crippen LogP contribution in [0.3, 0.4) is 0 Å². The number of hydrogen-bond donors (Lipinski definition) is 2. The molecule has 0 unspecified atom stereocenters. The van der Waals surface area contributed by atoms with E-state index in [0.717, 1.165) is 43.1 Å². The second-order valence-corrected chi connectivity index (χ2v) is 6.46. The van der Waals surface area contributed by atoms with Gasteiger partial charge in [0.15, 0.2) is 0 Å². The second-order valence-electron chi connectivity index (χ2n) is 6.46. The number of amides is 1. The first-order valence-corrected chi connectivity index (χ1v) is 7.85. The third kappa shape index (κ3) is 4.21. The van der Waals surface area contributed by atoms with Crippen LogP contribution in [-0.2, 0) is 0 Å². The first-order chi connectivity index (χ1) is 9.97. The number of nitrogens with two attached hydrogens (primary N) is 1. The number of nitrogens with zero attached hydrogens (tertiary/aromatic N) is 1. The van der Waals surface area contributed by atoms with E-state index in [1.807, 2.05) is 19.1 Å². The Labute approximate surface area is 127 Å². The summed E-state index contributed by atoms with van der Waals surface area (Å²) in [5, 5.41) is 3.58. The molecule has 1 heterocycles. The SMILES string of the molecule is Cc1c(NC2CCN(CC(C)C)CC2)cccc1C(N)=O. The van der Waals surface area contributed by atoms with Gasteiger partial charge in [0, 0.05) is 36.9 Å². The Morgan fingerprint density at radius 1 is 1.38 bits per heavy atom. The number of carbonyl (C=O) groups excluding carboxylic acids is 1. The van der Waals surface area contributed by atoms with Gasteiger partial charge in [0.25, 0.3) is 0 Å². The molecular weight excluding hydrogens is 262 g/mol. The molecule has 0 aliphatic carbocycles. The number of anilines is 1. The highest BCUT2D eigenvalue weighted by atomic mass is 16.1. The van der Waals surface area contributed by atoms with E-state index < -0.39 is 0 Å². The zero-order valence-corrected chi connectivity index (χ0v) is 13.4. The molecule has 3 N–H and O–H groups in total. The van der Waals surface area contributed by atoms with Crippen LogP contribution in [0.2, 0.25) is 0 Å². The van der Waals surface area contributed by atoms with Gasteiger partial charge in [0.05, 0.1) is 0 Å². The summed E-state index contributed by atoms with van der Waals surface area (Å²) in [6, 6.07) is 6.19. The van der Waals surface area contributed by atoms with Crippen molar-refractivity contribution in [1.29, 1.82) is 0 Å². The molecule has 2 rings (SSSR count). The minimum absolute atomic E-state index is 0.358. The van der Waals surface area contributed by atoms with Crippen molar-refractivity contribution in [1.82, 2.24) is 4.90 Å². The molecule has 4 nitrogen and oxygen atoms in total. The minimum atomic E-state index is -0.358. The fourth-order valence-corrected chi connectivity index (χ4v) is 3.06. The molecule has 0 radical (unpaired) electrons. The van der Waals surface area contributed by atoms with E-state index in [1.165, 1.54) is 6.54 Å². The number of nitrogens with one attached hydrogen (secondary N) is 1. The van der Waals surface area contributed by atoms with Gasteiger partial charge in [-0.05, 0) is 43.4 Å². The predicted molar refractivity (Wildman–Crippen MR) is 87.6 cm³/mol. The third-order valence-corrected chi connectivity index (χ3v) is 4.17. The van der Waals surface area contributed by atoms with Crippen LogP contribution in [0.25, 0.3) is 0 Å². The molecule has 1 fully saturated rings. The topological polar surface area (TPSA) is 58.4 Å². The van der Waals surface area contributed by atoms with Crippen LogP contribution >= 0.6 is 0 Å². The fourth-order valence-electron chi connectivity index (χ4n) is 3.06. The zero-order valence-electron chi connectivity index (χ0n) is 13.4. The lowest BCUT2D eigenvalue weighted by Gasteiger charge is -2.34. The zero-order chi connectivity index (χ0) is 15.4. The number of likely N-dealkylation sites (tertiary alicyclic amines) is 1. The molecule has 0 spiro atoms. The largest absolute Gasteiger partial charge is 0.382 e. The van der Waals surface area contributed by atoms with Crippen molar-refractivity contribution in [2.75, 3.05) is 25.0 Å². The quantitative estimate of drug-likeness (QED) is 0.876. The van der Waals surface area contributed by atoms with Crippen LogP contribution in [0.1, 0.15) is 42.6 Å². The molecule has 4 heteroatoms. The third-order valence-electron chi connectivity index (χ3n) is 4.17. The second kappa shape index (κ2) is 6.94. The van der Waals surface area contributed by atoms with E-state index in [0.29, 0.717) is 11.6 Å². The number of piperidine rings is 1.